The molecule has 0 fully saturated rings. The van der Waals surface area contributed by atoms with Gasteiger partial charge in [-0.1, -0.05) is 68.8 Å². The van der Waals surface area contributed by atoms with Gasteiger partial charge in [0.1, 0.15) is 5.56 Å². The van der Waals surface area contributed by atoms with Crippen molar-refractivity contribution in [1.29, 1.82) is 0 Å². The van der Waals surface area contributed by atoms with Crippen LogP contribution in [0, 0.1) is 0 Å². The van der Waals surface area contributed by atoms with Crippen LogP contribution in [0.1, 0.15) is 47.6 Å². The van der Waals surface area contributed by atoms with Crippen molar-refractivity contribution in [3.63, 3.8) is 0 Å². The summed E-state index contributed by atoms with van der Waals surface area (Å²) in [6.45, 7) is 4.75. The molecule has 0 atom stereocenters. The first-order chi connectivity index (χ1) is 13.6. The van der Waals surface area contributed by atoms with Gasteiger partial charge in [-0.2, -0.15) is 0 Å². The molecule has 4 heteroatoms. The number of nitrogens with one attached hydrogen (secondary N) is 1. The second-order valence-corrected chi connectivity index (χ2v) is 6.82. The lowest BCUT2D eigenvalue weighted by atomic mass is 10.0. The lowest BCUT2D eigenvalue weighted by molar-refractivity contribution is 0.102. The molecule has 0 radical (unpaired) electrons. The standard InChI is InChI=1S/C24H26N2O2/c1-3-11-21-23(24(28)25-19-14-9-6-10-15-19)22(27)16-20(4-2)26(21)17-18-12-7-5-8-13-18/h5-10,12-16H,3-4,11,17H2,1-2H3,(H,25,28). The van der Waals surface area contributed by atoms with Crippen LogP contribution in [0.2, 0.25) is 0 Å². The van der Waals surface area contributed by atoms with E-state index in [-0.39, 0.29) is 16.9 Å². The van der Waals surface area contributed by atoms with E-state index in [2.05, 4.69) is 28.9 Å². The Morgan fingerprint density at radius 2 is 1.61 bits per heavy atom. The number of pyridine rings is 1. The highest BCUT2D eigenvalue weighted by Crippen LogP contribution is 2.17. The zero-order valence-corrected chi connectivity index (χ0v) is 16.4. The number of hydrogen-bond donors (Lipinski definition) is 1. The summed E-state index contributed by atoms with van der Waals surface area (Å²) < 4.78 is 2.14. The summed E-state index contributed by atoms with van der Waals surface area (Å²) in [5.74, 6) is -0.343. The fraction of sp³-hybridized carbons (Fsp3) is 0.250. The summed E-state index contributed by atoms with van der Waals surface area (Å²) in [6.07, 6.45) is 2.26. The minimum absolute atomic E-state index is 0.210. The quantitative estimate of drug-likeness (QED) is 0.654. The van der Waals surface area contributed by atoms with Gasteiger partial charge in [0.05, 0.1) is 0 Å². The Labute approximate surface area is 165 Å². The number of anilines is 1. The Balaban J connectivity index is 2.09. The molecular formula is C24H26N2O2. The maximum absolute atomic E-state index is 13.0. The molecule has 2 aromatic carbocycles. The van der Waals surface area contributed by atoms with Gasteiger partial charge in [-0.3, -0.25) is 9.59 Å². The molecule has 1 aromatic heterocycles. The third-order valence-electron chi connectivity index (χ3n) is 4.80. The number of rotatable bonds is 7. The molecule has 3 rings (SSSR count). The Morgan fingerprint density at radius 1 is 0.964 bits per heavy atom. The van der Waals surface area contributed by atoms with Crippen molar-refractivity contribution in [2.24, 2.45) is 0 Å². The van der Waals surface area contributed by atoms with Crippen molar-refractivity contribution in [2.45, 2.75) is 39.7 Å². The normalized spacial score (nSPS) is 10.6. The molecule has 3 aromatic rings. The van der Waals surface area contributed by atoms with Crippen molar-refractivity contribution in [1.82, 2.24) is 4.57 Å². The first-order valence-corrected chi connectivity index (χ1v) is 9.80. The van der Waals surface area contributed by atoms with Gasteiger partial charge in [0.2, 0.25) is 0 Å². The number of nitrogens with zero attached hydrogens (tertiary/aromatic N) is 1. The second kappa shape index (κ2) is 9.18. The van der Waals surface area contributed by atoms with Gasteiger partial charge in [-0.05, 0) is 30.5 Å². The molecule has 1 N–H and O–H groups in total. The average molecular weight is 374 g/mol. The molecule has 28 heavy (non-hydrogen) atoms. The molecule has 1 amide bonds. The third kappa shape index (κ3) is 4.39. The van der Waals surface area contributed by atoms with E-state index in [9.17, 15) is 9.59 Å². The summed E-state index contributed by atoms with van der Waals surface area (Å²) in [7, 11) is 0. The van der Waals surface area contributed by atoms with Crippen molar-refractivity contribution in [3.05, 3.63) is 99.5 Å². The molecule has 0 unspecified atom stereocenters. The summed E-state index contributed by atoms with van der Waals surface area (Å²) in [6, 6.07) is 21.0. The number of para-hydroxylation sites is 1. The zero-order valence-electron chi connectivity index (χ0n) is 16.4. The molecule has 144 valence electrons. The second-order valence-electron chi connectivity index (χ2n) is 6.82. The Hall–Kier alpha value is -3.14. The van der Waals surface area contributed by atoms with Crippen LogP contribution >= 0.6 is 0 Å². The lowest BCUT2D eigenvalue weighted by Gasteiger charge is -2.21. The molecule has 0 aliphatic carbocycles. The Kier molecular flexibility index (Phi) is 6.43. The molecule has 0 saturated carbocycles. The SMILES string of the molecule is CCCc1c(C(=O)Nc2ccccc2)c(=O)cc(CC)n1Cc1ccccc1. The number of amides is 1. The van der Waals surface area contributed by atoms with Crippen molar-refractivity contribution < 1.29 is 4.79 Å². The predicted molar refractivity (Wildman–Crippen MR) is 114 cm³/mol. The minimum atomic E-state index is -0.343. The van der Waals surface area contributed by atoms with E-state index in [4.69, 9.17) is 0 Å². The average Bonchev–Trinajstić information content (AvgIpc) is 2.71. The van der Waals surface area contributed by atoms with Crippen LogP contribution in [0.5, 0.6) is 0 Å². The van der Waals surface area contributed by atoms with E-state index in [0.29, 0.717) is 18.7 Å². The molecule has 0 saturated heterocycles. The highest BCUT2D eigenvalue weighted by atomic mass is 16.2. The van der Waals surface area contributed by atoms with Crippen molar-refractivity contribution in [3.8, 4) is 0 Å². The van der Waals surface area contributed by atoms with Crippen LogP contribution in [-0.4, -0.2) is 10.5 Å². The smallest absolute Gasteiger partial charge is 0.261 e. The van der Waals surface area contributed by atoms with Gasteiger partial charge >= 0.3 is 0 Å². The maximum Gasteiger partial charge on any atom is 0.261 e. The third-order valence-corrected chi connectivity index (χ3v) is 4.80. The van der Waals surface area contributed by atoms with Gasteiger partial charge < -0.3 is 9.88 Å². The van der Waals surface area contributed by atoms with Gasteiger partial charge in [-0.25, -0.2) is 0 Å². The molecule has 4 nitrogen and oxygen atoms in total. The van der Waals surface area contributed by atoms with Gasteiger partial charge in [0.15, 0.2) is 5.43 Å². The number of carbonyl (C=O) groups excluding carboxylic acids is 1. The van der Waals surface area contributed by atoms with Crippen LogP contribution in [0.15, 0.2) is 71.5 Å². The van der Waals surface area contributed by atoms with Crippen molar-refractivity contribution >= 4 is 11.6 Å². The number of aryl methyl sites for hydroxylation is 1. The van der Waals surface area contributed by atoms with Crippen molar-refractivity contribution in [2.75, 3.05) is 5.32 Å². The fourth-order valence-corrected chi connectivity index (χ4v) is 3.46. The van der Waals surface area contributed by atoms with Crippen LogP contribution < -0.4 is 10.7 Å². The van der Waals surface area contributed by atoms with Gasteiger partial charge in [0, 0.05) is 29.7 Å². The van der Waals surface area contributed by atoms with E-state index in [1.807, 2.05) is 55.5 Å². The molecule has 0 bridgehead atoms. The largest absolute Gasteiger partial charge is 0.343 e. The number of aromatic nitrogens is 1. The Bertz CT molecular complexity index is 992. The van der Waals surface area contributed by atoms with E-state index in [0.717, 1.165) is 29.8 Å². The maximum atomic E-state index is 13.0. The van der Waals surface area contributed by atoms with E-state index < -0.39 is 0 Å². The Morgan fingerprint density at radius 3 is 2.21 bits per heavy atom. The molecular weight excluding hydrogens is 348 g/mol. The highest BCUT2D eigenvalue weighted by molar-refractivity contribution is 6.05. The van der Waals surface area contributed by atoms with E-state index in [1.54, 1.807) is 6.07 Å². The van der Waals surface area contributed by atoms with Gasteiger partial charge in [0.25, 0.3) is 5.91 Å². The summed E-state index contributed by atoms with van der Waals surface area (Å²) >= 11 is 0. The van der Waals surface area contributed by atoms with Gasteiger partial charge in [-0.15, -0.1) is 0 Å². The number of carbonyl (C=O) groups is 1. The van der Waals surface area contributed by atoms with E-state index in [1.165, 1.54) is 0 Å². The van der Waals surface area contributed by atoms with E-state index >= 15 is 0 Å². The first kappa shape index (κ1) is 19.6. The minimum Gasteiger partial charge on any atom is -0.343 e. The molecule has 0 spiro atoms. The fourth-order valence-electron chi connectivity index (χ4n) is 3.46. The van der Waals surface area contributed by atoms with Crippen LogP contribution in [-0.2, 0) is 19.4 Å². The summed E-state index contributed by atoms with van der Waals surface area (Å²) in [5.41, 5.74) is 3.63. The number of hydrogen-bond acceptors (Lipinski definition) is 2. The lowest BCUT2D eigenvalue weighted by Crippen LogP contribution is -2.29. The predicted octanol–water partition coefficient (Wildman–Crippen LogP) is 4.66. The molecule has 0 aliphatic rings. The topological polar surface area (TPSA) is 51.1 Å². The highest BCUT2D eigenvalue weighted by Gasteiger charge is 2.20. The monoisotopic (exact) mass is 374 g/mol. The van der Waals surface area contributed by atoms with Crippen LogP contribution in [0.25, 0.3) is 0 Å². The first-order valence-electron chi connectivity index (χ1n) is 9.80. The molecule has 1 heterocycles. The number of benzene rings is 2. The molecule has 0 aliphatic heterocycles. The summed E-state index contributed by atoms with van der Waals surface area (Å²) in [5, 5.41) is 2.87. The van der Waals surface area contributed by atoms with Crippen LogP contribution in [0.3, 0.4) is 0 Å². The zero-order chi connectivity index (χ0) is 19.9. The summed E-state index contributed by atoms with van der Waals surface area (Å²) in [4.78, 5) is 25.9. The van der Waals surface area contributed by atoms with Crippen LogP contribution in [0.4, 0.5) is 5.69 Å².